The number of sulfone groups is 1. The van der Waals surface area contributed by atoms with E-state index in [4.69, 9.17) is 0 Å². The lowest BCUT2D eigenvalue weighted by Crippen LogP contribution is -2.26. The Labute approximate surface area is 114 Å². The molecule has 4 nitrogen and oxygen atoms in total. The molecule has 19 heavy (non-hydrogen) atoms. The highest BCUT2D eigenvalue weighted by Crippen LogP contribution is 2.20. The fraction of sp³-hybridized carbons (Fsp3) is 0.500. The molecular formula is C14H19NO3S. The summed E-state index contributed by atoms with van der Waals surface area (Å²) in [6.45, 7) is 2.44. The van der Waals surface area contributed by atoms with Crippen molar-refractivity contribution in [2.75, 3.05) is 18.1 Å². The number of benzene rings is 1. The second kappa shape index (κ2) is 5.74. The Balaban J connectivity index is 1.81. The molecule has 0 aliphatic carbocycles. The molecule has 1 aliphatic rings. The van der Waals surface area contributed by atoms with Gasteiger partial charge in [-0.15, -0.1) is 0 Å². The van der Waals surface area contributed by atoms with Crippen LogP contribution in [0.15, 0.2) is 24.3 Å². The van der Waals surface area contributed by atoms with Gasteiger partial charge in [0.25, 0.3) is 5.91 Å². The van der Waals surface area contributed by atoms with Crippen molar-refractivity contribution in [1.82, 2.24) is 5.32 Å². The molecule has 2 rings (SSSR count). The normalized spacial score (nSPS) is 21.2. The zero-order chi connectivity index (χ0) is 13.9. The molecule has 0 bridgehead atoms. The third kappa shape index (κ3) is 3.80. The fourth-order valence-corrected chi connectivity index (χ4v) is 4.32. The SMILES string of the molecule is Cc1ccccc1C(=O)NCCC1CCS(=O)(=O)C1. The Morgan fingerprint density at radius 2 is 2.11 bits per heavy atom. The molecule has 104 valence electrons. The maximum Gasteiger partial charge on any atom is 0.251 e. The van der Waals surface area contributed by atoms with Crippen LogP contribution in [0.5, 0.6) is 0 Å². The highest BCUT2D eigenvalue weighted by atomic mass is 32.2. The molecule has 0 spiro atoms. The van der Waals surface area contributed by atoms with Crippen LogP contribution in [0, 0.1) is 12.8 Å². The highest BCUT2D eigenvalue weighted by molar-refractivity contribution is 7.91. The van der Waals surface area contributed by atoms with E-state index < -0.39 is 9.84 Å². The fourth-order valence-electron chi connectivity index (χ4n) is 2.41. The Hall–Kier alpha value is -1.36. The van der Waals surface area contributed by atoms with Crippen molar-refractivity contribution < 1.29 is 13.2 Å². The third-order valence-electron chi connectivity index (χ3n) is 3.55. The summed E-state index contributed by atoms with van der Waals surface area (Å²) >= 11 is 0. The molecule has 1 amide bonds. The van der Waals surface area contributed by atoms with Crippen molar-refractivity contribution in [2.24, 2.45) is 5.92 Å². The number of nitrogens with one attached hydrogen (secondary N) is 1. The summed E-state index contributed by atoms with van der Waals surface area (Å²) in [5.41, 5.74) is 1.63. The quantitative estimate of drug-likeness (QED) is 0.910. The smallest absolute Gasteiger partial charge is 0.251 e. The van der Waals surface area contributed by atoms with E-state index in [-0.39, 0.29) is 17.6 Å². The maximum absolute atomic E-state index is 11.9. The third-order valence-corrected chi connectivity index (χ3v) is 5.39. The Bertz CT molecular complexity index is 566. The molecular weight excluding hydrogens is 262 g/mol. The van der Waals surface area contributed by atoms with Gasteiger partial charge in [-0.25, -0.2) is 8.42 Å². The zero-order valence-corrected chi connectivity index (χ0v) is 11.9. The summed E-state index contributed by atoms with van der Waals surface area (Å²) in [6, 6.07) is 7.43. The second-order valence-electron chi connectivity index (χ2n) is 5.13. The molecule has 1 unspecified atom stereocenters. The van der Waals surface area contributed by atoms with E-state index in [9.17, 15) is 13.2 Å². The van der Waals surface area contributed by atoms with Gasteiger partial charge in [0.05, 0.1) is 11.5 Å². The van der Waals surface area contributed by atoms with Gasteiger partial charge < -0.3 is 5.32 Å². The number of amides is 1. The van der Waals surface area contributed by atoms with Crippen molar-refractivity contribution in [3.05, 3.63) is 35.4 Å². The molecule has 1 aromatic rings. The number of carbonyl (C=O) groups is 1. The minimum atomic E-state index is -2.82. The van der Waals surface area contributed by atoms with Crippen molar-refractivity contribution in [2.45, 2.75) is 19.8 Å². The number of aryl methyl sites for hydroxylation is 1. The minimum absolute atomic E-state index is 0.0843. The minimum Gasteiger partial charge on any atom is -0.352 e. The molecule has 1 aromatic carbocycles. The van der Waals surface area contributed by atoms with E-state index >= 15 is 0 Å². The summed E-state index contributed by atoms with van der Waals surface area (Å²) in [4.78, 5) is 11.9. The molecule has 1 saturated heterocycles. The topological polar surface area (TPSA) is 63.2 Å². The predicted octanol–water partition coefficient (Wildman–Crippen LogP) is 1.55. The van der Waals surface area contributed by atoms with Crippen LogP contribution >= 0.6 is 0 Å². The molecule has 0 radical (unpaired) electrons. The summed E-state index contributed by atoms with van der Waals surface area (Å²) in [5.74, 6) is 0.678. The lowest BCUT2D eigenvalue weighted by molar-refractivity contribution is 0.0951. The number of hydrogen-bond donors (Lipinski definition) is 1. The number of carbonyl (C=O) groups excluding carboxylic acids is 1. The average Bonchev–Trinajstić information content (AvgIpc) is 2.69. The van der Waals surface area contributed by atoms with Crippen LogP contribution in [0.1, 0.15) is 28.8 Å². The number of hydrogen-bond acceptors (Lipinski definition) is 3. The zero-order valence-electron chi connectivity index (χ0n) is 11.1. The van der Waals surface area contributed by atoms with Gasteiger partial charge in [-0.3, -0.25) is 4.79 Å². The maximum atomic E-state index is 11.9. The molecule has 0 saturated carbocycles. The lowest BCUT2D eigenvalue weighted by atomic mass is 10.0. The summed E-state index contributed by atoms with van der Waals surface area (Å²) in [5, 5.41) is 2.86. The first-order valence-corrected chi connectivity index (χ1v) is 8.34. The van der Waals surface area contributed by atoms with Crippen molar-refractivity contribution >= 4 is 15.7 Å². The van der Waals surface area contributed by atoms with E-state index in [0.717, 1.165) is 18.4 Å². The van der Waals surface area contributed by atoms with Gasteiger partial charge in [0.1, 0.15) is 0 Å². The standard InChI is InChI=1S/C14H19NO3S/c1-11-4-2-3-5-13(11)14(16)15-8-6-12-7-9-19(17,18)10-12/h2-5,12H,6-10H2,1H3,(H,15,16). The first kappa shape index (κ1) is 14.1. The Morgan fingerprint density at radius 3 is 2.74 bits per heavy atom. The van der Waals surface area contributed by atoms with E-state index in [1.165, 1.54) is 0 Å². The first-order valence-electron chi connectivity index (χ1n) is 6.52. The van der Waals surface area contributed by atoms with E-state index in [0.29, 0.717) is 17.9 Å². The van der Waals surface area contributed by atoms with Crippen molar-refractivity contribution in [3.8, 4) is 0 Å². The summed E-state index contributed by atoms with van der Waals surface area (Å²) in [7, 11) is -2.82. The van der Waals surface area contributed by atoms with Crippen LogP contribution in [0.4, 0.5) is 0 Å². The molecule has 1 atom stereocenters. The summed E-state index contributed by atoms with van der Waals surface area (Å²) < 4.78 is 22.6. The van der Waals surface area contributed by atoms with Crippen LogP contribution in [0.2, 0.25) is 0 Å². The highest BCUT2D eigenvalue weighted by Gasteiger charge is 2.27. The van der Waals surface area contributed by atoms with Gasteiger partial charge in [-0.2, -0.15) is 0 Å². The van der Waals surface area contributed by atoms with Crippen LogP contribution in [-0.4, -0.2) is 32.4 Å². The van der Waals surface area contributed by atoms with Crippen LogP contribution in [0.25, 0.3) is 0 Å². The second-order valence-corrected chi connectivity index (χ2v) is 7.36. The Morgan fingerprint density at radius 1 is 1.37 bits per heavy atom. The molecule has 1 heterocycles. The van der Waals surface area contributed by atoms with Crippen molar-refractivity contribution in [3.63, 3.8) is 0 Å². The van der Waals surface area contributed by atoms with E-state index in [1.807, 2.05) is 25.1 Å². The van der Waals surface area contributed by atoms with E-state index in [2.05, 4.69) is 5.32 Å². The van der Waals surface area contributed by atoms with E-state index in [1.54, 1.807) is 6.07 Å². The average molecular weight is 281 g/mol. The van der Waals surface area contributed by atoms with Crippen molar-refractivity contribution in [1.29, 1.82) is 0 Å². The number of rotatable bonds is 4. The summed E-state index contributed by atoms with van der Waals surface area (Å²) in [6.07, 6.45) is 1.46. The largest absolute Gasteiger partial charge is 0.352 e. The van der Waals surface area contributed by atoms with Crippen LogP contribution < -0.4 is 5.32 Å². The molecule has 5 heteroatoms. The van der Waals surface area contributed by atoms with Crippen LogP contribution in [-0.2, 0) is 9.84 Å². The van der Waals surface area contributed by atoms with Gasteiger partial charge in [-0.1, -0.05) is 18.2 Å². The predicted molar refractivity (Wildman–Crippen MR) is 74.9 cm³/mol. The van der Waals surface area contributed by atoms with Gasteiger partial charge in [-0.05, 0) is 37.3 Å². The molecule has 1 N–H and O–H groups in total. The molecule has 1 fully saturated rings. The molecule has 0 aromatic heterocycles. The van der Waals surface area contributed by atoms with Gasteiger partial charge >= 0.3 is 0 Å². The van der Waals surface area contributed by atoms with Gasteiger partial charge in [0.2, 0.25) is 0 Å². The first-order chi connectivity index (χ1) is 8.98. The lowest BCUT2D eigenvalue weighted by Gasteiger charge is -2.10. The Kier molecular flexibility index (Phi) is 4.24. The monoisotopic (exact) mass is 281 g/mol. The van der Waals surface area contributed by atoms with Crippen LogP contribution in [0.3, 0.4) is 0 Å². The van der Waals surface area contributed by atoms with Gasteiger partial charge in [0.15, 0.2) is 9.84 Å². The molecule has 1 aliphatic heterocycles. The van der Waals surface area contributed by atoms with Gasteiger partial charge in [0, 0.05) is 12.1 Å².